The van der Waals surface area contributed by atoms with E-state index in [0.717, 1.165) is 0 Å². The highest BCUT2D eigenvalue weighted by Gasteiger charge is 2.36. The summed E-state index contributed by atoms with van der Waals surface area (Å²) in [5.41, 5.74) is 5.54. The predicted octanol–water partition coefficient (Wildman–Crippen LogP) is 2.81. The molecule has 0 aliphatic heterocycles. The molecule has 0 aromatic heterocycles. The molecule has 0 bridgehead atoms. The molecule has 0 saturated carbocycles. The average Bonchev–Trinajstić information content (AvgIpc) is 2.67. The van der Waals surface area contributed by atoms with Gasteiger partial charge in [0.2, 0.25) is 11.8 Å². The highest BCUT2D eigenvalue weighted by atomic mass is 19.4. The van der Waals surface area contributed by atoms with Gasteiger partial charge in [-0.05, 0) is 23.6 Å². The van der Waals surface area contributed by atoms with Gasteiger partial charge in [-0.15, -0.1) is 13.2 Å². The van der Waals surface area contributed by atoms with Crippen molar-refractivity contribution in [2.75, 3.05) is 13.7 Å². The Bertz CT molecular complexity index is 753. The molecular formula is C19H25F6N3O4. The van der Waals surface area contributed by atoms with E-state index in [2.05, 4.69) is 15.4 Å². The van der Waals surface area contributed by atoms with Crippen LogP contribution < -0.4 is 21.1 Å². The number of halogens is 6. The van der Waals surface area contributed by atoms with Crippen molar-refractivity contribution in [2.45, 2.75) is 50.9 Å². The number of rotatable bonds is 10. The maximum atomic E-state index is 12.9. The Kier molecular flexibility index (Phi) is 9.76. The minimum absolute atomic E-state index is 0.148. The normalized spacial score (nSPS) is 15.1. The molecule has 0 saturated heterocycles. The quantitative estimate of drug-likeness (QED) is 0.454. The molecule has 0 heterocycles. The topological polar surface area (TPSA) is 103 Å². The Hall–Kier alpha value is -2.54. The first-order valence-electron chi connectivity index (χ1n) is 9.40. The van der Waals surface area contributed by atoms with Crippen molar-refractivity contribution < 1.29 is 45.4 Å². The smallest absolute Gasteiger partial charge is 0.497 e. The van der Waals surface area contributed by atoms with Crippen molar-refractivity contribution in [2.24, 2.45) is 11.7 Å². The van der Waals surface area contributed by atoms with E-state index in [1.807, 2.05) is 0 Å². The number of carbonyl (C=O) groups excluding carboxylic acids is 2. The van der Waals surface area contributed by atoms with E-state index in [1.165, 1.54) is 45.2 Å². The second kappa shape index (κ2) is 11.4. The molecule has 0 radical (unpaired) electrons. The minimum Gasteiger partial charge on any atom is -0.497 e. The zero-order valence-corrected chi connectivity index (χ0v) is 17.5. The fourth-order valence-electron chi connectivity index (χ4n) is 2.57. The van der Waals surface area contributed by atoms with Crippen molar-refractivity contribution in [3.63, 3.8) is 0 Å². The van der Waals surface area contributed by atoms with Crippen LogP contribution >= 0.6 is 0 Å². The van der Waals surface area contributed by atoms with Crippen LogP contribution in [0, 0.1) is 5.92 Å². The monoisotopic (exact) mass is 473 g/mol. The summed E-state index contributed by atoms with van der Waals surface area (Å²) in [6, 6.07) is 0.988. The maximum Gasteiger partial charge on any atom is 0.522 e. The van der Waals surface area contributed by atoms with Crippen molar-refractivity contribution in [1.82, 2.24) is 10.6 Å². The van der Waals surface area contributed by atoms with Crippen LogP contribution in [0.25, 0.3) is 0 Å². The molecule has 1 unspecified atom stereocenters. The lowest BCUT2D eigenvalue weighted by molar-refractivity contribution is -0.325. The number of methoxy groups -OCH3 is 1. The van der Waals surface area contributed by atoms with E-state index in [-0.39, 0.29) is 5.56 Å². The van der Waals surface area contributed by atoms with Crippen molar-refractivity contribution in [3.8, 4) is 5.75 Å². The Morgan fingerprint density at radius 3 is 2.00 bits per heavy atom. The summed E-state index contributed by atoms with van der Waals surface area (Å²) in [5, 5.41) is 4.41. The van der Waals surface area contributed by atoms with Crippen LogP contribution in [-0.2, 0) is 14.3 Å². The number of nitrogens with one attached hydrogen (secondary N) is 2. The SMILES string of the molecule is COc1ccc(C(NC(=O)[C@@H](N)COC(F)(F)F)C(=O)N[C@H](CC(F)(F)F)C(C)C)cc1. The lowest BCUT2D eigenvalue weighted by Gasteiger charge is -2.27. The van der Waals surface area contributed by atoms with Gasteiger partial charge in [-0.25, -0.2) is 0 Å². The van der Waals surface area contributed by atoms with Gasteiger partial charge in [0.25, 0.3) is 0 Å². The second-order valence-electron chi connectivity index (χ2n) is 7.26. The van der Waals surface area contributed by atoms with Crippen LogP contribution in [0.1, 0.15) is 31.9 Å². The minimum atomic E-state index is -5.02. The van der Waals surface area contributed by atoms with Crippen LogP contribution in [0.15, 0.2) is 24.3 Å². The second-order valence-corrected chi connectivity index (χ2v) is 7.26. The predicted molar refractivity (Wildman–Crippen MR) is 101 cm³/mol. The van der Waals surface area contributed by atoms with Gasteiger partial charge in [0.05, 0.1) is 20.1 Å². The largest absolute Gasteiger partial charge is 0.522 e. The van der Waals surface area contributed by atoms with Gasteiger partial charge in [-0.3, -0.25) is 14.3 Å². The van der Waals surface area contributed by atoms with Gasteiger partial charge in [0.1, 0.15) is 17.8 Å². The summed E-state index contributed by atoms with van der Waals surface area (Å²) in [4.78, 5) is 25.0. The molecule has 1 aromatic rings. The molecule has 4 N–H and O–H groups in total. The standard InChI is InChI=1S/C19H25F6N3O4/c1-10(2)14(8-18(20,21)22)27-17(30)15(11-4-6-12(31-3)7-5-11)28-16(29)13(26)9-32-19(23,24)25/h4-7,10,13-15H,8-9,26H2,1-3H3,(H,27,30)(H,28,29)/t13-,14+,15?/m0/s1. The summed E-state index contributed by atoms with van der Waals surface area (Å²) < 4.78 is 83.6. The van der Waals surface area contributed by atoms with Gasteiger partial charge < -0.3 is 21.1 Å². The fourth-order valence-corrected chi connectivity index (χ4v) is 2.57. The van der Waals surface area contributed by atoms with E-state index in [9.17, 15) is 35.9 Å². The highest BCUT2D eigenvalue weighted by molar-refractivity contribution is 5.90. The number of nitrogens with two attached hydrogens (primary N) is 1. The first kappa shape index (κ1) is 27.5. The van der Waals surface area contributed by atoms with Crippen LogP contribution in [0.5, 0.6) is 5.75 Å². The van der Waals surface area contributed by atoms with Gasteiger partial charge in [0.15, 0.2) is 0 Å². The van der Waals surface area contributed by atoms with E-state index >= 15 is 0 Å². The van der Waals surface area contributed by atoms with Crippen LogP contribution in [0.3, 0.4) is 0 Å². The summed E-state index contributed by atoms with van der Waals surface area (Å²) in [6.45, 7) is 1.74. The highest BCUT2D eigenvalue weighted by Crippen LogP contribution is 2.26. The molecule has 32 heavy (non-hydrogen) atoms. The third kappa shape index (κ3) is 9.73. The molecule has 0 aliphatic carbocycles. The van der Waals surface area contributed by atoms with Crippen LogP contribution in [0.2, 0.25) is 0 Å². The van der Waals surface area contributed by atoms with E-state index in [4.69, 9.17) is 10.5 Å². The van der Waals surface area contributed by atoms with Crippen LogP contribution in [0.4, 0.5) is 26.3 Å². The van der Waals surface area contributed by atoms with Gasteiger partial charge in [0, 0.05) is 6.04 Å². The number of ether oxygens (including phenoxy) is 2. The lowest BCUT2D eigenvalue weighted by atomic mass is 9.98. The number of alkyl halides is 6. The summed E-state index contributed by atoms with van der Waals surface area (Å²) in [7, 11) is 1.38. The summed E-state index contributed by atoms with van der Waals surface area (Å²) in [6.07, 6.45) is -10.9. The van der Waals surface area contributed by atoms with E-state index < -0.39 is 61.4 Å². The summed E-state index contributed by atoms with van der Waals surface area (Å²) >= 11 is 0. The average molecular weight is 473 g/mol. The molecule has 7 nitrogen and oxygen atoms in total. The Morgan fingerprint density at radius 2 is 1.56 bits per heavy atom. The fraction of sp³-hybridized carbons (Fsp3) is 0.579. The first-order chi connectivity index (χ1) is 14.6. The zero-order valence-electron chi connectivity index (χ0n) is 17.5. The van der Waals surface area contributed by atoms with E-state index in [1.54, 1.807) is 0 Å². The number of benzene rings is 1. The molecule has 3 atom stereocenters. The summed E-state index contributed by atoms with van der Waals surface area (Å²) in [5.74, 6) is -2.36. The molecule has 2 amide bonds. The molecule has 0 aliphatic rings. The molecule has 0 spiro atoms. The molecule has 1 rings (SSSR count). The zero-order chi connectivity index (χ0) is 24.7. The Balaban J connectivity index is 3.08. The Labute approximate surface area is 180 Å². The lowest BCUT2D eigenvalue weighted by Crippen LogP contribution is -2.51. The maximum absolute atomic E-state index is 12.9. The molecule has 0 fully saturated rings. The van der Waals surface area contributed by atoms with Gasteiger partial charge in [-0.1, -0.05) is 26.0 Å². The third-order valence-corrected chi connectivity index (χ3v) is 4.35. The van der Waals surface area contributed by atoms with Crippen molar-refractivity contribution in [3.05, 3.63) is 29.8 Å². The van der Waals surface area contributed by atoms with Crippen LogP contribution in [-0.4, -0.2) is 50.2 Å². The number of amides is 2. The van der Waals surface area contributed by atoms with Gasteiger partial charge in [-0.2, -0.15) is 13.2 Å². The van der Waals surface area contributed by atoms with Crippen molar-refractivity contribution >= 4 is 11.8 Å². The van der Waals surface area contributed by atoms with Gasteiger partial charge >= 0.3 is 12.5 Å². The van der Waals surface area contributed by atoms with Crippen molar-refractivity contribution in [1.29, 1.82) is 0 Å². The third-order valence-electron chi connectivity index (χ3n) is 4.35. The Morgan fingerprint density at radius 1 is 1.00 bits per heavy atom. The number of hydrogen-bond acceptors (Lipinski definition) is 5. The molecule has 1 aromatic carbocycles. The number of carbonyl (C=O) groups is 2. The first-order valence-corrected chi connectivity index (χ1v) is 9.40. The molecular weight excluding hydrogens is 448 g/mol. The number of hydrogen-bond donors (Lipinski definition) is 3. The molecule has 182 valence electrons. The molecule has 13 heteroatoms. The van der Waals surface area contributed by atoms with E-state index in [0.29, 0.717) is 5.75 Å².